The van der Waals surface area contributed by atoms with E-state index in [2.05, 4.69) is 32.8 Å². The number of anilines is 1. The number of nitrogens with one attached hydrogen (secondary N) is 2. The summed E-state index contributed by atoms with van der Waals surface area (Å²) in [7, 11) is 0. The van der Waals surface area contributed by atoms with E-state index in [0.29, 0.717) is 12.4 Å². The third-order valence-corrected chi connectivity index (χ3v) is 4.37. The zero-order valence-electron chi connectivity index (χ0n) is 13.7. The molecule has 0 unspecified atom stereocenters. The number of hydrogen-bond acceptors (Lipinski definition) is 3. The monoisotopic (exact) mass is 333 g/mol. The van der Waals surface area contributed by atoms with Gasteiger partial charge in [0.1, 0.15) is 0 Å². The second kappa shape index (κ2) is 6.76. The van der Waals surface area contributed by atoms with Crippen molar-refractivity contribution in [2.24, 2.45) is 0 Å². The summed E-state index contributed by atoms with van der Waals surface area (Å²) < 4.78 is 1.75. The Balaban J connectivity index is 1.36. The van der Waals surface area contributed by atoms with Gasteiger partial charge in [0.25, 0.3) is 0 Å². The average Bonchev–Trinajstić information content (AvgIpc) is 3.23. The number of rotatable bonds is 4. The van der Waals surface area contributed by atoms with Crippen LogP contribution in [0.25, 0.3) is 0 Å². The lowest BCUT2D eigenvalue weighted by atomic mass is 10.1. The first-order valence-corrected chi connectivity index (χ1v) is 8.36. The number of nitrogens with zero attached hydrogens (tertiary/aromatic N) is 3. The first kappa shape index (κ1) is 15.4. The molecule has 6 heteroatoms. The van der Waals surface area contributed by atoms with Crippen molar-refractivity contribution in [1.82, 2.24) is 20.1 Å². The standard InChI is InChI=1S/C19H19N5O/c25-19(21-17-9-8-14-5-1-2-7-16(14)17)22-18-10-12-24(23-18)13-15-6-3-4-11-20-15/h1-7,10-12,17H,8-9,13H2,(H2,21,22,23,25)/t17-/m0/s1. The van der Waals surface area contributed by atoms with Gasteiger partial charge in [-0.2, -0.15) is 5.10 Å². The molecular formula is C19H19N5O. The molecule has 6 nitrogen and oxygen atoms in total. The van der Waals surface area contributed by atoms with Crippen molar-refractivity contribution in [3.8, 4) is 0 Å². The molecule has 0 fully saturated rings. The predicted octanol–water partition coefficient (Wildman–Crippen LogP) is 3.14. The number of pyridine rings is 1. The van der Waals surface area contributed by atoms with Crippen LogP contribution in [0.2, 0.25) is 0 Å². The molecule has 3 aromatic rings. The number of amides is 2. The van der Waals surface area contributed by atoms with Crippen molar-refractivity contribution in [3.63, 3.8) is 0 Å². The predicted molar refractivity (Wildman–Crippen MR) is 95.2 cm³/mol. The smallest absolute Gasteiger partial charge is 0.320 e. The van der Waals surface area contributed by atoms with Crippen molar-refractivity contribution in [3.05, 3.63) is 77.7 Å². The molecule has 2 aromatic heterocycles. The Kier molecular flexibility index (Phi) is 4.16. The van der Waals surface area contributed by atoms with Gasteiger partial charge >= 0.3 is 6.03 Å². The number of carbonyl (C=O) groups excluding carboxylic acids is 1. The minimum Gasteiger partial charge on any atom is -0.331 e. The topological polar surface area (TPSA) is 71.8 Å². The molecule has 4 rings (SSSR count). The van der Waals surface area contributed by atoms with E-state index in [1.165, 1.54) is 11.1 Å². The van der Waals surface area contributed by atoms with Crippen LogP contribution in [0.4, 0.5) is 10.6 Å². The molecule has 1 atom stereocenters. The van der Waals surface area contributed by atoms with Crippen molar-refractivity contribution in [2.45, 2.75) is 25.4 Å². The largest absolute Gasteiger partial charge is 0.331 e. The second-order valence-electron chi connectivity index (χ2n) is 6.11. The third kappa shape index (κ3) is 3.52. The lowest BCUT2D eigenvalue weighted by Crippen LogP contribution is -2.31. The molecule has 126 valence electrons. The number of benzene rings is 1. The Morgan fingerprint density at radius 1 is 1.16 bits per heavy atom. The van der Waals surface area contributed by atoms with Gasteiger partial charge in [-0.3, -0.25) is 15.0 Å². The fourth-order valence-electron chi connectivity index (χ4n) is 3.19. The van der Waals surface area contributed by atoms with Gasteiger partial charge in [0.15, 0.2) is 5.82 Å². The molecule has 2 heterocycles. The normalized spacial score (nSPS) is 15.6. The Labute approximate surface area is 145 Å². The van der Waals surface area contributed by atoms with Gasteiger partial charge in [0.2, 0.25) is 0 Å². The van der Waals surface area contributed by atoms with Gasteiger partial charge in [0.05, 0.1) is 18.3 Å². The molecule has 0 spiro atoms. The van der Waals surface area contributed by atoms with E-state index >= 15 is 0 Å². The first-order valence-electron chi connectivity index (χ1n) is 8.36. The summed E-state index contributed by atoms with van der Waals surface area (Å²) in [6.07, 6.45) is 5.51. The first-order chi connectivity index (χ1) is 12.3. The summed E-state index contributed by atoms with van der Waals surface area (Å²) >= 11 is 0. The third-order valence-electron chi connectivity index (χ3n) is 4.37. The molecule has 0 aliphatic heterocycles. The molecular weight excluding hydrogens is 314 g/mol. The lowest BCUT2D eigenvalue weighted by molar-refractivity contribution is 0.248. The van der Waals surface area contributed by atoms with E-state index in [1.807, 2.05) is 36.5 Å². The van der Waals surface area contributed by atoms with E-state index in [9.17, 15) is 4.79 Å². The van der Waals surface area contributed by atoms with Gasteiger partial charge in [-0.25, -0.2) is 4.79 Å². The molecule has 2 N–H and O–H groups in total. The van der Waals surface area contributed by atoms with Crippen LogP contribution in [0.15, 0.2) is 60.9 Å². The van der Waals surface area contributed by atoms with Crippen molar-refractivity contribution < 1.29 is 4.79 Å². The average molecular weight is 333 g/mol. The maximum atomic E-state index is 12.3. The van der Waals surface area contributed by atoms with E-state index in [0.717, 1.165) is 18.5 Å². The number of hydrogen-bond donors (Lipinski definition) is 2. The highest BCUT2D eigenvalue weighted by molar-refractivity contribution is 5.88. The minimum atomic E-state index is -0.232. The summed E-state index contributed by atoms with van der Waals surface area (Å²) in [5.74, 6) is 0.528. The highest BCUT2D eigenvalue weighted by atomic mass is 16.2. The quantitative estimate of drug-likeness (QED) is 0.770. The molecule has 0 saturated carbocycles. The lowest BCUT2D eigenvalue weighted by Gasteiger charge is -2.14. The summed E-state index contributed by atoms with van der Waals surface area (Å²) in [4.78, 5) is 16.5. The summed E-state index contributed by atoms with van der Waals surface area (Å²) in [5, 5.41) is 10.2. The van der Waals surface area contributed by atoms with Crippen molar-refractivity contribution in [1.29, 1.82) is 0 Å². The Morgan fingerprint density at radius 3 is 2.92 bits per heavy atom. The molecule has 1 aromatic carbocycles. The highest BCUT2D eigenvalue weighted by Crippen LogP contribution is 2.30. The second-order valence-corrected chi connectivity index (χ2v) is 6.11. The molecule has 1 aliphatic rings. The van der Waals surface area contributed by atoms with Gasteiger partial charge < -0.3 is 5.32 Å². The van der Waals surface area contributed by atoms with Crippen LogP contribution in [0.3, 0.4) is 0 Å². The zero-order chi connectivity index (χ0) is 17.1. The SMILES string of the molecule is O=C(Nc1ccn(Cc2ccccn2)n1)N[C@H]1CCc2ccccc21. The Bertz CT molecular complexity index is 874. The number of fused-ring (bicyclic) bond motifs is 1. The zero-order valence-corrected chi connectivity index (χ0v) is 13.7. The summed E-state index contributed by atoms with van der Waals surface area (Å²) in [6, 6.07) is 15.6. The fourth-order valence-corrected chi connectivity index (χ4v) is 3.19. The summed E-state index contributed by atoms with van der Waals surface area (Å²) in [6.45, 7) is 0.570. The molecule has 2 amide bonds. The van der Waals surface area contributed by atoms with E-state index in [4.69, 9.17) is 0 Å². The van der Waals surface area contributed by atoms with Crippen LogP contribution >= 0.6 is 0 Å². The van der Waals surface area contributed by atoms with E-state index < -0.39 is 0 Å². The van der Waals surface area contributed by atoms with Gasteiger partial charge in [-0.1, -0.05) is 30.3 Å². The summed E-state index contributed by atoms with van der Waals surface area (Å²) in [5.41, 5.74) is 3.44. The molecule has 25 heavy (non-hydrogen) atoms. The van der Waals surface area contributed by atoms with Crippen molar-refractivity contribution in [2.75, 3.05) is 5.32 Å². The van der Waals surface area contributed by atoms with Crippen LogP contribution in [0.1, 0.15) is 29.3 Å². The highest BCUT2D eigenvalue weighted by Gasteiger charge is 2.23. The molecule has 1 aliphatic carbocycles. The van der Waals surface area contributed by atoms with Crippen LogP contribution in [-0.2, 0) is 13.0 Å². The number of aromatic nitrogens is 3. The van der Waals surface area contributed by atoms with E-state index in [-0.39, 0.29) is 12.1 Å². The number of aryl methyl sites for hydroxylation is 1. The minimum absolute atomic E-state index is 0.0619. The Hall–Kier alpha value is -3.15. The fraction of sp³-hybridized carbons (Fsp3) is 0.211. The number of urea groups is 1. The van der Waals surface area contributed by atoms with Crippen LogP contribution in [0.5, 0.6) is 0 Å². The van der Waals surface area contributed by atoms with Gasteiger partial charge in [0, 0.05) is 18.5 Å². The van der Waals surface area contributed by atoms with Crippen LogP contribution in [-0.4, -0.2) is 20.8 Å². The molecule has 0 bridgehead atoms. The van der Waals surface area contributed by atoms with Gasteiger partial charge in [-0.15, -0.1) is 0 Å². The van der Waals surface area contributed by atoms with Crippen LogP contribution < -0.4 is 10.6 Å². The molecule has 0 radical (unpaired) electrons. The maximum absolute atomic E-state index is 12.3. The van der Waals surface area contributed by atoms with Crippen LogP contribution in [0, 0.1) is 0 Å². The maximum Gasteiger partial charge on any atom is 0.320 e. The van der Waals surface area contributed by atoms with E-state index in [1.54, 1.807) is 16.9 Å². The molecule has 0 saturated heterocycles. The Morgan fingerprint density at radius 2 is 2.04 bits per heavy atom. The van der Waals surface area contributed by atoms with Crippen molar-refractivity contribution >= 4 is 11.8 Å². The number of carbonyl (C=O) groups is 1. The van der Waals surface area contributed by atoms with Gasteiger partial charge in [-0.05, 0) is 36.1 Å².